The van der Waals surface area contributed by atoms with Gasteiger partial charge in [-0.1, -0.05) is 13.8 Å². The lowest BCUT2D eigenvalue weighted by Crippen LogP contribution is -2.48. The number of nitrogens with zero attached hydrogens (tertiary/aromatic N) is 4. The molecule has 2 aromatic heterocycles. The zero-order chi connectivity index (χ0) is 19.7. The van der Waals surface area contributed by atoms with Crippen LogP contribution in [0.4, 0.5) is 17.5 Å². The van der Waals surface area contributed by atoms with Gasteiger partial charge in [-0.25, -0.2) is 4.98 Å². The Balaban J connectivity index is 1.53. The van der Waals surface area contributed by atoms with Crippen LogP contribution in [0.3, 0.4) is 0 Å². The highest BCUT2D eigenvalue weighted by Crippen LogP contribution is 2.58. The second kappa shape index (κ2) is 5.76. The molecular weight excluding hydrogens is 356 g/mol. The number of hydrogen-bond donors (Lipinski definition) is 3. The van der Waals surface area contributed by atoms with Gasteiger partial charge in [-0.2, -0.15) is 10.1 Å². The molecule has 0 bridgehead atoms. The number of fused-ring (bicyclic) bond motifs is 2. The summed E-state index contributed by atoms with van der Waals surface area (Å²) in [5.41, 5.74) is 2.19. The normalized spacial score (nSPS) is 27.1. The van der Waals surface area contributed by atoms with Gasteiger partial charge in [0.15, 0.2) is 0 Å². The van der Waals surface area contributed by atoms with Crippen LogP contribution in [0.15, 0.2) is 12.4 Å². The summed E-state index contributed by atoms with van der Waals surface area (Å²) < 4.78 is 0. The van der Waals surface area contributed by atoms with E-state index in [1.807, 2.05) is 11.8 Å². The van der Waals surface area contributed by atoms with Gasteiger partial charge in [-0.15, -0.1) is 0 Å². The summed E-state index contributed by atoms with van der Waals surface area (Å²) >= 11 is 0. The molecule has 1 amide bonds. The molecule has 3 aliphatic rings. The van der Waals surface area contributed by atoms with E-state index in [4.69, 9.17) is 4.98 Å². The Morgan fingerprint density at radius 1 is 1.29 bits per heavy atom. The molecule has 2 atom stereocenters. The minimum atomic E-state index is -0.439. The van der Waals surface area contributed by atoms with Crippen molar-refractivity contribution in [2.45, 2.75) is 70.4 Å². The predicted octanol–water partition coefficient (Wildman–Crippen LogP) is 2.57. The monoisotopic (exact) mass is 382 g/mol. The molecule has 3 heterocycles. The lowest BCUT2D eigenvalue weighted by atomic mass is 9.73. The van der Waals surface area contributed by atoms with Crippen LogP contribution in [0.25, 0.3) is 0 Å². The van der Waals surface area contributed by atoms with Crippen molar-refractivity contribution in [1.82, 2.24) is 20.2 Å². The molecule has 1 spiro atoms. The van der Waals surface area contributed by atoms with Gasteiger partial charge >= 0.3 is 0 Å². The van der Waals surface area contributed by atoms with Crippen molar-refractivity contribution in [3.05, 3.63) is 23.7 Å². The van der Waals surface area contributed by atoms with Crippen molar-refractivity contribution < 1.29 is 9.90 Å². The first-order chi connectivity index (χ1) is 13.3. The summed E-state index contributed by atoms with van der Waals surface area (Å²) in [6, 6.07) is -0.0385. The van der Waals surface area contributed by atoms with Gasteiger partial charge < -0.3 is 10.4 Å². The molecule has 0 unspecified atom stereocenters. The Morgan fingerprint density at radius 3 is 2.71 bits per heavy atom. The van der Waals surface area contributed by atoms with E-state index in [1.54, 1.807) is 12.4 Å². The number of amides is 1. The summed E-state index contributed by atoms with van der Waals surface area (Å²) in [6.45, 7) is 6.24. The second-order valence-electron chi connectivity index (χ2n) is 9.34. The lowest BCUT2D eigenvalue weighted by molar-refractivity contribution is -0.121. The molecule has 2 aromatic rings. The van der Waals surface area contributed by atoms with Gasteiger partial charge in [-0.05, 0) is 44.4 Å². The van der Waals surface area contributed by atoms with Crippen LogP contribution in [0.2, 0.25) is 0 Å². The van der Waals surface area contributed by atoms with E-state index in [1.165, 1.54) is 0 Å². The number of carbonyl (C=O) groups excluding carboxylic acids is 1. The number of aliphatic hydroxyl groups is 1. The van der Waals surface area contributed by atoms with Crippen LogP contribution < -0.4 is 10.2 Å². The molecule has 1 aliphatic heterocycles. The number of anilines is 3. The van der Waals surface area contributed by atoms with E-state index >= 15 is 0 Å². The first-order valence-electron chi connectivity index (χ1n) is 9.95. The molecule has 0 saturated heterocycles. The number of aryl methyl sites for hydroxylation is 1. The maximum Gasteiger partial charge on any atom is 0.239 e. The standard InChI is InChI=1S/C20H26N6O2/c1-11-15(10-22-25-11)23-18-21-9-14-16(24-18)26(17(28)20(14)4-5-20)12-6-13(27)8-19(2,3)7-12/h9-10,12-13,27H,4-8H2,1-3H3,(H,22,25)(H,21,23,24)/t12-,13-/m1/s1. The summed E-state index contributed by atoms with van der Waals surface area (Å²) in [5, 5.41) is 20.5. The maximum absolute atomic E-state index is 13.4. The fraction of sp³-hybridized carbons (Fsp3) is 0.600. The van der Waals surface area contributed by atoms with E-state index in [-0.39, 0.29) is 17.4 Å². The quantitative estimate of drug-likeness (QED) is 0.753. The largest absolute Gasteiger partial charge is 0.393 e. The molecule has 8 heteroatoms. The van der Waals surface area contributed by atoms with Gasteiger partial charge in [0.05, 0.1) is 29.1 Å². The van der Waals surface area contributed by atoms with Crippen molar-refractivity contribution >= 4 is 23.4 Å². The van der Waals surface area contributed by atoms with Gasteiger partial charge in [0.2, 0.25) is 11.9 Å². The van der Waals surface area contributed by atoms with Crippen molar-refractivity contribution in [3.63, 3.8) is 0 Å². The third kappa shape index (κ3) is 2.62. The number of aromatic nitrogens is 4. The molecule has 2 fully saturated rings. The maximum atomic E-state index is 13.4. The minimum absolute atomic E-state index is 0.00983. The van der Waals surface area contributed by atoms with Crippen molar-refractivity contribution in [2.24, 2.45) is 5.41 Å². The first-order valence-corrected chi connectivity index (χ1v) is 9.95. The molecular formula is C20H26N6O2. The molecule has 8 nitrogen and oxygen atoms in total. The zero-order valence-corrected chi connectivity index (χ0v) is 16.5. The summed E-state index contributed by atoms with van der Waals surface area (Å²) in [6.07, 6.45) is 7.02. The first kappa shape index (κ1) is 17.6. The molecule has 5 rings (SSSR count). The SMILES string of the molecule is Cc1[nH]ncc1Nc1ncc2c(n1)N([C@@H]1C[C@@H](O)CC(C)(C)C1)C(=O)C21CC1. The Morgan fingerprint density at radius 2 is 2.07 bits per heavy atom. The topological polar surface area (TPSA) is 107 Å². The molecule has 28 heavy (non-hydrogen) atoms. The van der Waals surface area contributed by atoms with Gasteiger partial charge in [0.25, 0.3) is 0 Å². The number of aliphatic hydroxyl groups excluding tert-OH is 1. The number of H-pyrrole nitrogens is 1. The van der Waals surface area contributed by atoms with Gasteiger partial charge in [-0.3, -0.25) is 14.8 Å². The van der Waals surface area contributed by atoms with Gasteiger partial charge in [0.1, 0.15) is 5.82 Å². The Hall–Kier alpha value is -2.48. The summed E-state index contributed by atoms with van der Waals surface area (Å²) in [7, 11) is 0. The third-order valence-corrected chi connectivity index (χ3v) is 6.45. The van der Waals surface area contributed by atoms with Crippen LogP contribution >= 0.6 is 0 Å². The van der Waals surface area contributed by atoms with Crippen molar-refractivity contribution in [1.29, 1.82) is 0 Å². The van der Waals surface area contributed by atoms with E-state index in [9.17, 15) is 9.90 Å². The van der Waals surface area contributed by atoms with E-state index in [0.717, 1.165) is 42.6 Å². The fourth-order valence-corrected chi connectivity index (χ4v) is 4.98. The van der Waals surface area contributed by atoms with Crippen LogP contribution in [-0.2, 0) is 10.2 Å². The average molecular weight is 382 g/mol. The van der Waals surface area contributed by atoms with Crippen LogP contribution in [0.5, 0.6) is 0 Å². The molecule has 3 N–H and O–H groups in total. The number of aromatic amines is 1. The number of rotatable bonds is 3. The Labute approximate surface area is 163 Å². The summed E-state index contributed by atoms with van der Waals surface area (Å²) in [4.78, 5) is 24.5. The smallest absolute Gasteiger partial charge is 0.239 e. The molecule has 0 aromatic carbocycles. The highest BCUT2D eigenvalue weighted by atomic mass is 16.3. The second-order valence-corrected chi connectivity index (χ2v) is 9.34. The highest BCUT2D eigenvalue weighted by Gasteiger charge is 2.62. The van der Waals surface area contributed by atoms with Crippen LogP contribution in [0.1, 0.15) is 57.2 Å². The van der Waals surface area contributed by atoms with Crippen molar-refractivity contribution in [3.8, 4) is 0 Å². The predicted molar refractivity (Wildman–Crippen MR) is 104 cm³/mol. The zero-order valence-electron chi connectivity index (χ0n) is 16.5. The van der Waals surface area contributed by atoms with E-state index in [0.29, 0.717) is 18.2 Å². The van der Waals surface area contributed by atoms with Crippen molar-refractivity contribution in [2.75, 3.05) is 10.2 Å². The Bertz CT molecular complexity index is 948. The molecule has 148 valence electrons. The number of hydrogen-bond acceptors (Lipinski definition) is 6. The lowest BCUT2D eigenvalue weighted by Gasteiger charge is -2.41. The van der Waals surface area contributed by atoms with Gasteiger partial charge in [0, 0.05) is 17.8 Å². The number of carbonyl (C=O) groups is 1. The molecule has 0 radical (unpaired) electrons. The molecule has 2 saturated carbocycles. The van der Waals surface area contributed by atoms with Crippen LogP contribution in [0, 0.1) is 12.3 Å². The highest BCUT2D eigenvalue weighted by molar-refractivity contribution is 6.09. The summed E-state index contributed by atoms with van der Waals surface area (Å²) in [5.74, 6) is 1.29. The minimum Gasteiger partial charge on any atom is -0.393 e. The number of nitrogens with one attached hydrogen (secondary N) is 2. The third-order valence-electron chi connectivity index (χ3n) is 6.45. The van der Waals surface area contributed by atoms with E-state index in [2.05, 4.69) is 34.3 Å². The van der Waals surface area contributed by atoms with E-state index < -0.39 is 11.5 Å². The van der Waals surface area contributed by atoms with Crippen LogP contribution in [-0.4, -0.2) is 43.3 Å². The fourth-order valence-electron chi connectivity index (χ4n) is 4.98. The Kier molecular flexibility index (Phi) is 3.62. The average Bonchev–Trinajstić information content (AvgIpc) is 3.26. The molecule has 2 aliphatic carbocycles.